The molecule has 5 rings (SSSR count). The summed E-state index contributed by atoms with van der Waals surface area (Å²) in [6, 6.07) is 29.8. The van der Waals surface area contributed by atoms with Crippen LogP contribution in [-0.4, -0.2) is 69.4 Å². The fourth-order valence-electron chi connectivity index (χ4n) is 5.36. The van der Waals surface area contributed by atoms with Gasteiger partial charge in [0.25, 0.3) is 5.91 Å². The molecule has 10 heteroatoms. The van der Waals surface area contributed by atoms with Gasteiger partial charge in [-0.15, -0.1) is 0 Å². The number of sulfonamides is 1. The van der Waals surface area contributed by atoms with Crippen molar-refractivity contribution in [2.24, 2.45) is 0 Å². The predicted molar refractivity (Wildman–Crippen MR) is 176 cm³/mol. The van der Waals surface area contributed by atoms with Crippen molar-refractivity contribution in [3.63, 3.8) is 0 Å². The molecule has 0 aliphatic carbocycles. The van der Waals surface area contributed by atoms with Gasteiger partial charge in [-0.2, -0.15) is 4.31 Å². The zero-order valence-electron chi connectivity index (χ0n) is 26.1. The molecule has 0 radical (unpaired) electrons. The van der Waals surface area contributed by atoms with E-state index in [-0.39, 0.29) is 48.5 Å². The van der Waals surface area contributed by atoms with Crippen LogP contribution in [0.5, 0.6) is 5.75 Å². The second-order valence-electron chi connectivity index (χ2n) is 11.2. The van der Waals surface area contributed by atoms with Crippen LogP contribution in [0.4, 0.5) is 0 Å². The van der Waals surface area contributed by atoms with Crippen LogP contribution in [0.3, 0.4) is 0 Å². The van der Waals surface area contributed by atoms with Crippen molar-refractivity contribution < 1.29 is 27.5 Å². The van der Waals surface area contributed by atoms with Crippen LogP contribution in [0, 0.1) is 6.92 Å². The summed E-state index contributed by atoms with van der Waals surface area (Å²) in [7, 11) is -2.13. The number of hydrogen-bond donors (Lipinski definition) is 1. The zero-order valence-corrected chi connectivity index (χ0v) is 26.9. The highest BCUT2D eigenvalue weighted by Crippen LogP contribution is 2.26. The van der Waals surface area contributed by atoms with Gasteiger partial charge >= 0.3 is 0 Å². The molecule has 1 fully saturated rings. The van der Waals surface area contributed by atoms with E-state index in [1.807, 2.05) is 85.8 Å². The highest BCUT2D eigenvalue weighted by Gasteiger charge is 2.33. The van der Waals surface area contributed by atoms with Crippen LogP contribution in [0.25, 0.3) is 0 Å². The maximum Gasteiger partial charge on any atom is 0.254 e. The molecule has 0 spiro atoms. The Kier molecular flexibility index (Phi) is 10.8. The van der Waals surface area contributed by atoms with Crippen molar-refractivity contribution in [3.8, 4) is 5.75 Å². The van der Waals surface area contributed by atoms with Crippen LogP contribution in [-0.2, 0) is 32.5 Å². The molecule has 1 N–H and O–H groups in total. The number of aryl methyl sites for hydroxylation is 1. The standard InChI is InChI=1S/C36H39N3O6S/c1-27-8-12-30(13-9-27)34(35(40)37-26-29-10-16-32(44-2)17-11-29)39(21-20-28-6-4-3-5-7-28)36(41)31-14-18-33(19-15-31)46(42,43)38-22-24-45-25-23-38/h3-19,34H,20-26H2,1-2H3,(H,37,40)/t34-/m0/s1. The Morgan fingerprint density at radius 2 is 1.52 bits per heavy atom. The molecule has 1 aliphatic heterocycles. The van der Waals surface area contributed by atoms with Crippen LogP contribution < -0.4 is 10.1 Å². The van der Waals surface area contributed by atoms with Crippen LogP contribution in [0.1, 0.15) is 38.7 Å². The average Bonchev–Trinajstić information content (AvgIpc) is 3.10. The van der Waals surface area contributed by atoms with Crippen LogP contribution in [0.15, 0.2) is 108 Å². The average molecular weight is 642 g/mol. The van der Waals surface area contributed by atoms with Gasteiger partial charge in [-0.1, -0.05) is 72.3 Å². The highest BCUT2D eigenvalue weighted by molar-refractivity contribution is 7.89. The lowest BCUT2D eigenvalue weighted by molar-refractivity contribution is -0.126. The van der Waals surface area contributed by atoms with E-state index in [1.165, 1.54) is 28.6 Å². The molecule has 1 saturated heterocycles. The molecule has 4 aromatic carbocycles. The second-order valence-corrected chi connectivity index (χ2v) is 13.1. The summed E-state index contributed by atoms with van der Waals surface area (Å²) < 4.78 is 38.4. The zero-order chi connectivity index (χ0) is 32.5. The Morgan fingerprint density at radius 1 is 0.870 bits per heavy atom. The molecule has 1 atom stereocenters. The summed E-state index contributed by atoms with van der Waals surface area (Å²) in [4.78, 5) is 30.0. The van der Waals surface area contributed by atoms with E-state index < -0.39 is 16.1 Å². The summed E-state index contributed by atoms with van der Waals surface area (Å²) in [5.41, 5.74) is 3.89. The minimum Gasteiger partial charge on any atom is -0.497 e. The summed E-state index contributed by atoms with van der Waals surface area (Å²) in [5, 5.41) is 3.03. The summed E-state index contributed by atoms with van der Waals surface area (Å²) in [6.07, 6.45) is 0.518. The van der Waals surface area contributed by atoms with Crippen LogP contribution in [0.2, 0.25) is 0 Å². The van der Waals surface area contributed by atoms with Crippen molar-refractivity contribution >= 4 is 21.8 Å². The first-order valence-corrected chi connectivity index (χ1v) is 16.7. The largest absolute Gasteiger partial charge is 0.497 e. The maximum atomic E-state index is 14.3. The minimum atomic E-state index is -3.73. The maximum absolute atomic E-state index is 14.3. The first-order chi connectivity index (χ1) is 22.3. The number of nitrogens with zero attached hydrogens (tertiary/aromatic N) is 2. The number of nitrogens with one attached hydrogen (secondary N) is 1. The number of benzene rings is 4. The molecule has 0 aromatic heterocycles. The fraction of sp³-hybridized carbons (Fsp3) is 0.278. The number of carbonyl (C=O) groups excluding carboxylic acids is 2. The van der Waals surface area contributed by atoms with Gasteiger partial charge in [-0.05, 0) is 66.4 Å². The predicted octanol–water partition coefficient (Wildman–Crippen LogP) is 4.77. The van der Waals surface area contributed by atoms with Crippen molar-refractivity contribution in [2.45, 2.75) is 30.8 Å². The molecule has 1 aliphatic rings. The van der Waals surface area contributed by atoms with Crippen molar-refractivity contribution in [3.05, 3.63) is 131 Å². The Labute approximate surface area is 270 Å². The highest BCUT2D eigenvalue weighted by atomic mass is 32.2. The number of methoxy groups -OCH3 is 1. The fourth-order valence-corrected chi connectivity index (χ4v) is 6.77. The third kappa shape index (κ3) is 8.00. The van der Waals surface area contributed by atoms with Gasteiger partial charge in [0.15, 0.2) is 0 Å². The van der Waals surface area contributed by atoms with Gasteiger partial charge in [0.2, 0.25) is 15.9 Å². The lowest BCUT2D eigenvalue weighted by Crippen LogP contribution is -2.44. The number of amides is 2. The molecule has 0 saturated carbocycles. The molecule has 46 heavy (non-hydrogen) atoms. The quantitative estimate of drug-likeness (QED) is 0.239. The van der Waals surface area contributed by atoms with E-state index in [9.17, 15) is 18.0 Å². The Balaban J connectivity index is 1.46. The lowest BCUT2D eigenvalue weighted by atomic mass is 10.00. The molecule has 9 nitrogen and oxygen atoms in total. The molecule has 0 bridgehead atoms. The van der Waals surface area contributed by atoms with E-state index in [0.717, 1.165) is 16.7 Å². The van der Waals surface area contributed by atoms with Gasteiger partial charge < -0.3 is 19.7 Å². The number of morpholine rings is 1. The third-order valence-electron chi connectivity index (χ3n) is 8.03. The summed E-state index contributed by atoms with van der Waals surface area (Å²) in [5.74, 6) is 0.0121. The molecule has 1 heterocycles. The number of hydrogen-bond acceptors (Lipinski definition) is 6. The normalized spacial score (nSPS) is 14.3. The molecule has 240 valence electrons. The molecule has 0 unspecified atom stereocenters. The van der Waals surface area contributed by atoms with E-state index >= 15 is 0 Å². The number of ether oxygens (including phenoxy) is 2. The van der Waals surface area contributed by atoms with E-state index in [1.54, 1.807) is 12.0 Å². The first kappa shape index (κ1) is 32.9. The Hall–Kier alpha value is -4.51. The minimum absolute atomic E-state index is 0.106. The second kappa shape index (κ2) is 15.2. The monoisotopic (exact) mass is 641 g/mol. The topological polar surface area (TPSA) is 105 Å². The molecular formula is C36H39N3O6S. The number of rotatable bonds is 12. The number of carbonyl (C=O) groups is 2. The van der Waals surface area contributed by atoms with E-state index in [0.29, 0.717) is 30.9 Å². The van der Waals surface area contributed by atoms with Gasteiger partial charge in [-0.25, -0.2) is 8.42 Å². The lowest BCUT2D eigenvalue weighted by Gasteiger charge is -2.32. The molecule has 4 aromatic rings. The summed E-state index contributed by atoms with van der Waals surface area (Å²) in [6.45, 7) is 3.72. The van der Waals surface area contributed by atoms with Gasteiger partial charge in [0, 0.05) is 31.7 Å². The molecular weight excluding hydrogens is 602 g/mol. The van der Waals surface area contributed by atoms with Crippen LogP contribution >= 0.6 is 0 Å². The smallest absolute Gasteiger partial charge is 0.254 e. The van der Waals surface area contributed by atoms with Crippen molar-refractivity contribution in [2.75, 3.05) is 40.0 Å². The summed E-state index contributed by atoms with van der Waals surface area (Å²) >= 11 is 0. The van der Waals surface area contributed by atoms with Crippen molar-refractivity contribution in [1.82, 2.24) is 14.5 Å². The van der Waals surface area contributed by atoms with Gasteiger partial charge in [-0.3, -0.25) is 9.59 Å². The van der Waals surface area contributed by atoms with Gasteiger partial charge in [0.1, 0.15) is 11.8 Å². The van der Waals surface area contributed by atoms with Gasteiger partial charge in [0.05, 0.1) is 25.2 Å². The SMILES string of the molecule is COc1ccc(CNC(=O)[C@H](c2ccc(C)cc2)N(CCc2ccccc2)C(=O)c2ccc(S(=O)(=O)N3CCOCC3)cc2)cc1. The van der Waals surface area contributed by atoms with Crippen molar-refractivity contribution in [1.29, 1.82) is 0 Å². The first-order valence-electron chi connectivity index (χ1n) is 15.3. The molecule has 2 amide bonds. The third-order valence-corrected chi connectivity index (χ3v) is 9.95. The Bertz CT molecular complexity index is 1700. The Morgan fingerprint density at radius 3 is 2.15 bits per heavy atom. The van der Waals surface area contributed by atoms with E-state index in [4.69, 9.17) is 9.47 Å². The van der Waals surface area contributed by atoms with E-state index in [2.05, 4.69) is 5.32 Å².